The molecule has 2 N–H and O–H groups in total. The van der Waals surface area contributed by atoms with Gasteiger partial charge in [0, 0.05) is 24.5 Å². The SMILES string of the molecule is Cc1cc(C(=O)Nc2ccc(Oc3ccccc3)cc2)nc(NCCN(C)C)n1. The van der Waals surface area contributed by atoms with Crippen molar-refractivity contribution in [2.24, 2.45) is 0 Å². The summed E-state index contributed by atoms with van der Waals surface area (Å²) in [6.45, 7) is 3.38. The van der Waals surface area contributed by atoms with Gasteiger partial charge in [-0.25, -0.2) is 9.97 Å². The van der Waals surface area contributed by atoms with Crippen LogP contribution in [0.15, 0.2) is 60.7 Å². The molecular formula is C22H25N5O2. The zero-order valence-corrected chi connectivity index (χ0v) is 16.8. The molecule has 1 heterocycles. The second kappa shape index (κ2) is 9.66. The van der Waals surface area contributed by atoms with E-state index in [1.54, 1.807) is 18.2 Å². The molecule has 1 aromatic heterocycles. The molecule has 0 aliphatic rings. The van der Waals surface area contributed by atoms with Crippen LogP contribution in [-0.2, 0) is 0 Å². The lowest BCUT2D eigenvalue weighted by atomic mass is 10.2. The van der Waals surface area contributed by atoms with Gasteiger partial charge in [-0.1, -0.05) is 18.2 Å². The van der Waals surface area contributed by atoms with Crippen molar-refractivity contribution in [3.63, 3.8) is 0 Å². The van der Waals surface area contributed by atoms with Gasteiger partial charge in [0.1, 0.15) is 17.2 Å². The minimum atomic E-state index is -0.289. The Morgan fingerprint density at radius 1 is 1.00 bits per heavy atom. The minimum Gasteiger partial charge on any atom is -0.457 e. The van der Waals surface area contributed by atoms with E-state index in [9.17, 15) is 4.79 Å². The number of rotatable bonds is 8. The molecule has 0 fully saturated rings. The van der Waals surface area contributed by atoms with Crippen molar-refractivity contribution in [3.05, 3.63) is 72.1 Å². The third-order valence-corrected chi connectivity index (χ3v) is 4.02. The monoisotopic (exact) mass is 391 g/mol. The number of amides is 1. The summed E-state index contributed by atoms with van der Waals surface area (Å²) in [6.07, 6.45) is 0. The van der Waals surface area contributed by atoms with E-state index in [2.05, 4.69) is 25.5 Å². The number of nitrogens with one attached hydrogen (secondary N) is 2. The molecule has 1 amide bonds. The summed E-state index contributed by atoms with van der Waals surface area (Å²) in [5, 5.41) is 6.00. The molecule has 0 unspecified atom stereocenters. The van der Waals surface area contributed by atoms with Crippen LogP contribution in [0, 0.1) is 6.92 Å². The largest absolute Gasteiger partial charge is 0.457 e. The van der Waals surface area contributed by atoms with E-state index >= 15 is 0 Å². The molecule has 3 rings (SSSR count). The Bertz CT molecular complexity index is 943. The van der Waals surface area contributed by atoms with Crippen molar-refractivity contribution >= 4 is 17.5 Å². The number of carbonyl (C=O) groups is 1. The van der Waals surface area contributed by atoms with E-state index in [1.807, 2.05) is 63.5 Å². The van der Waals surface area contributed by atoms with Gasteiger partial charge >= 0.3 is 0 Å². The van der Waals surface area contributed by atoms with Crippen LogP contribution < -0.4 is 15.4 Å². The van der Waals surface area contributed by atoms with Gasteiger partial charge in [-0.3, -0.25) is 4.79 Å². The lowest BCUT2D eigenvalue weighted by molar-refractivity contribution is 0.102. The van der Waals surface area contributed by atoms with Crippen molar-refractivity contribution in [3.8, 4) is 11.5 Å². The number of hydrogen-bond donors (Lipinski definition) is 2. The van der Waals surface area contributed by atoms with Gasteiger partial charge in [-0.2, -0.15) is 0 Å². The highest BCUT2D eigenvalue weighted by molar-refractivity contribution is 6.03. The number of anilines is 2. The van der Waals surface area contributed by atoms with Crippen molar-refractivity contribution in [1.29, 1.82) is 0 Å². The summed E-state index contributed by atoms with van der Waals surface area (Å²) in [4.78, 5) is 23.3. The quantitative estimate of drug-likeness (QED) is 0.608. The number of nitrogens with zero attached hydrogens (tertiary/aromatic N) is 3. The molecule has 0 saturated heterocycles. The summed E-state index contributed by atoms with van der Waals surface area (Å²) < 4.78 is 5.76. The van der Waals surface area contributed by atoms with Gasteiger partial charge in [0.25, 0.3) is 5.91 Å². The van der Waals surface area contributed by atoms with E-state index in [-0.39, 0.29) is 5.91 Å². The fourth-order valence-corrected chi connectivity index (χ4v) is 2.58. The second-order valence-electron chi connectivity index (χ2n) is 6.84. The Labute approximate surface area is 170 Å². The molecule has 0 aliphatic heterocycles. The van der Waals surface area contributed by atoms with Gasteiger partial charge in [0.2, 0.25) is 5.95 Å². The van der Waals surface area contributed by atoms with Gasteiger partial charge in [0.15, 0.2) is 0 Å². The number of hydrogen-bond acceptors (Lipinski definition) is 6. The predicted molar refractivity (Wildman–Crippen MR) is 115 cm³/mol. The average molecular weight is 391 g/mol. The topological polar surface area (TPSA) is 79.4 Å². The van der Waals surface area contributed by atoms with Gasteiger partial charge in [-0.15, -0.1) is 0 Å². The van der Waals surface area contributed by atoms with Crippen LogP contribution in [-0.4, -0.2) is 48.0 Å². The Hall–Kier alpha value is -3.45. The number of ether oxygens (including phenoxy) is 1. The van der Waals surface area contributed by atoms with Crippen molar-refractivity contribution in [1.82, 2.24) is 14.9 Å². The van der Waals surface area contributed by atoms with Gasteiger partial charge in [0.05, 0.1) is 0 Å². The number of para-hydroxylation sites is 1. The molecule has 0 atom stereocenters. The normalized spacial score (nSPS) is 10.6. The third-order valence-electron chi connectivity index (χ3n) is 4.02. The molecule has 29 heavy (non-hydrogen) atoms. The van der Waals surface area contributed by atoms with E-state index in [0.717, 1.165) is 18.0 Å². The van der Waals surface area contributed by atoms with Crippen LogP contribution in [0.1, 0.15) is 16.2 Å². The molecule has 0 bridgehead atoms. The Morgan fingerprint density at radius 3 is 2.38 bits per heavy atom. The minimum absolute atomic E-state index is 0.289. The maximum atomic E-state index is 12.6. The number of carbonyl (C=O) groups excluding carboxylic acids is 1. The van der Waals surface area contributed by atoms with Crippen LogP contribution >= 0.6 is 0 Å². The average Bonchev–Trinajstić information content (AvgIpc) is 2.69. The highest BCUT2D eigenvalue weighted by atomic mass is 16.5. The molecule has 0 spiro atoms. The summed E-state index contributed by atoms with van der Waals surface area (Å²) in [5.74, 6) is 1.61. The van der Waals surface area contributed by atoms with Crippen molar-refractivity contribution in [2.75, 3.05) is 37.8 Å². The second-order valence-corrected chi connectivity index (χ2v) is 6.84. The van der Waals surface area contributed by atoms with E-state index < -0.39 is 0 Å². The predicted octanol–water partition coefficient (Wildman–Crippen LogP) is 3.80. The van der Waals surface area contributed by atoms with Crippen LogP contribution in [0.25, 0.3) is 0 Å². The number of likely N-dealkylation sites (N-methyl/N-ethyl adjacent to an activating group) is 1. The highest BCUT2D eigenvalue weighted by Gasteiger charge is 2.11. The van der Waals surface area contributed by atoms with Crippen LogP contribution in [0.5, 0.6) is 11.5 Å². The summed E-state index contributed by atoms with van der Waals surface area (Å²) in [7, 11) is 3.99. The van der Waals surface area contributed by atoms with Crippen LogP contribution in [0.4, 0.5) is 11.6 Å². The fourth-order valence-electron chi connectivity index (χ4n) is 2.58. The molecule has 0 radical (unpaired) electrons. The first-order chi connectivity index (χ1) is 14.0. The summed E-state index contributed by atoms with van der Waals surface area (Å²) in [6, 6.07) is 18.4. The number of aryl methyl sites for hydroxylation is 1. The maximum Gasteiger partial charge on any atom is 0.274 e. The standard InChI is InChI=1S/C22H25N5O2/c1-16-15-20(26-22(24-16)23-13-14-27(2)3)21(28)25-17-9-11-19(12-10-17)29-18-7-5-4-6-8-18/h4-12,15H,13-14H2,1-3H3,(H,25,28)(H,23,24,26). The zero-order chi connectivity index (χ0) is 20.6. The third kappa shape index (κ3) is 6.29. The van der Waals surface area contributed by atoms with Gasteiger partial charge in [-0.05, 0) is 63.5 Å². The molecule has 7 nitrogen and oxygen atoms in total. The Kier molecular flexibility index (Phi) is 6.76. The highest BCUT2D eigenvalue weighted by Crippen LogP contribution is 2.22. The molecule has 150 valence electrons. The molecule has 0 aliphatic carbocycles. The first-order valence-corrected chi connectivity index (χ1v) is 9.38. The number of benzene rings is 2. The molecule has 7 heteroatoms. The summed E-state index contributed by atoms with van der Waals surface area (Å²) >= 11 is 0. The first-order valence-electron chi connectivity index (χ1n) is 9.38. The maximum absolute atomic E-state index is 12.6. The van der Waals surface area contributed by atoms with Crippen LogP contribution in [0.2, 0.25) is 0 Å². The molecule has 2 aromatic carbocycles. The smallest absolute Gasteiger partial charge is 0.274 e. The fraction of sp³-hybridized carbons (Fsp3) is 0.227. The lowest BCUT2D eigenvalue weighted by Gasteiger charge is -2.12. The van der Waals surface area contributed by atoms with Crippen LogP contribution in [0.3, 0.4) is 0 Å². The van der Waals surface area contributed by atoms with Crippen molar-refractivity contribution in [2.45, 2.75) is 6.92 Å². The molecular weight excluding hydrogens is 366 g/mol. The number of aromatic nitrogens is 2. The van der Waals surface area contributed by atoms with E-state index in [0.29, 0.717) is 29.6 Å². The Morgan fingerprint density at radius 2 is 1.69 bits per heavy atom. The van der Waals surface area contributed by atoms with Crippen molar-refractivity contribution < 1.29 is 9.53 Å². The van der Waals surface area contributed by atoms with Gasteiger partial charge < -0.3 is 20.3 Å². The molecule has 3 aromatic rings. The zero-order valence-electron chi connectivity index (χ0n) is 16.8. The lowest BCUT2D eigenvalue weighted by Crippen LogP contribution is -2.22. The Balaban J connectivity index is 1.63. The van der Waals surface area contributed by atoms with E-state index in [1.165, 1.54) is 0 Å². The molecule has 0 saturated carbocycles. The summed E-state index contributed by atoms with van der Waals surface area (Å²) in [5.41, 5.74) is 1.70. The first kappa shape index (κ1) is 20.3. The van der Waals surface area contributed by atoms with E-state index in [4.69, 9.17) is 4.74 Å².